The molecule has 1 aliphatic carbocycles. The summed E-state index contributed by atoms with van der Waals surface area (Å²) in [5, 5.41) is 11.0. The number of halogens is 4. The zero-order valence-corrected chi connectivity index (χ0v) is 19.2. The number of anilines is 1. The van der Waals surface area contributed by atoms with Crippen LogP contribution in [-0.4, -0.2) is 54.0 Å². The number of likely N-dealkylation sites (tertiary alicyclic amines) is 1. The van der Waals surface area contributed by atoms with Gasteiger partial charge in [-0.05, 0) is 67.2 Å². The van der Waals surface area contributed by atoms with Gasteiger partial charge in [0.15, 0.2) is 5.82 Å². The summed E-state index contributed by atoms with van der Waals surface area (Å²) in [6, 6.07) is 4.00. The molecule has 3 atom stereocenters. The fourth-order valence-electron chi connectivity index (χ4n) is 5.91. The highest BCUT2D eigenvalue weighted by atomic mass is 19.3. The van der Waals surface area contributed by atoms with Gasteiger partial charge in [0.25, 0.3) is 6.43 Å². The summed E-state index contributed by atoms with van der Waals surface area (Å²) < 4.78 is 60.8. The lowest BCUT2D eigenvalue weighted by atomic mass is 9.82. The van der Waals surface area contributed by atoms with Crippen LogP contribution in [0, 0.1) is 28.9 Å². The molecular formula is C25H30F4N4O. The van der Waals surface area contributed by atoms with Crippen LogP contribution in [0.15, 0.2) is 24.3 Å². The Morgan fingerprint density at radius 1 is 1.09 bits per heavy atom. The molecule has 5 rings (SSSR count). The Morgan fingerprint density at radius 3 is 2.47 bits per heavy atom. The predicted molar refractivity (Wildman–Crippen MR) is 121 cm³/mol. The van der Waals surface area contributed by atoms with Crippen molar-refractivity contribution in [3.05, 3.63) is 41.5 Å². The maximum atomic E-state index is 14.1. The maximum Gasteiger partial charge on any atom is 0.267 e. The Hall–Kier alpha value is -2.26. The van der Waals surface area contributed by atoms with Gasteiger partial charge in [-0.1, -0.05) is 6.92 Å². The van der Waals surface area contributed by atoms with Crippen LogP contribution in [0.2, 0.25) is 0 Å². The summed E-state index contributed by atoms with van der Waals surface area (Å²) in [4.78, 5) is 2.56. The summed E-state index contributed by atoms with van der Waals surface area (Å²) in [7, 11) is 0. The van der Waals surface area contributed by atoms with Gasteiger partial charge >= 0.3 is 0 Å². The zero-order valence-electron chi connectivity index (χ0n) is 19.2. The third-order valence-corrected chi connectivity index (χ3v) is 7.74. The second kappa shape index (κ2) is 9.41. The van der Waals surface area contributed by atoms with Gasteiger partial charge in [0.1, 0.15) is 11.6 Å². The lowest BCUT2D eigenvalue weighted by Crippen LogP contribution is -2.39. The van der Waals surface area contributed by atoms with Crippen molar-refractivity contribution in [1.82, 2.24) is 15.1 Å². The molecule has 9 heteroatoms. The van der Waals surface area contributed by atoms with Crippen molar-refractivity contribution in [3.63, 3.8) is 0 Å². The molecule has 0 spiro atoms. The van der Waals surface area contributed by atoms with Crippen LogP contribution in [-0.2, 0) is 4.74 Å². The summed E-state index contributed by atoms with van der Waals surface area (Å²) in [6.45, 7) is 7.16. The van der Waals surface area contributed by atoms with Gasteiger partial charge in [-0.25, -0.2) is 17.6 Å². The van der Waals surface area contributed by atoms with Gasteiger partial charge < -0.3 is 15.0 Å². The summed E-state index contributed by atoms with van der Waals surface area (Å²) in [6.07, 6.45) is 1.16. The van der Waals surface area contributed by atoms with E-state index in [9.17, 15) is 17.6 Å². The predicted octanol–water partition coefficient (Wildman–Crippen LogP) is 5.30. The Labute approximate surface area is 196 Å². The molecule has 5 nitrogen and oxygen atoms in total. The van der Waals surface area contributed by atoms with E-state index in [-0.39, 0.29) is 28.7 Å². The third kappa shape index (κ3) is 4.91. The van der Waals surface area contributed by atoms with Gasteiger partial charge in [0.2, 0.25) is 0 Å². The maximum absolute atomic E-state index is 14.1. The number of hydrogen-bond acceptors (Lipinski definition) is 5. The minimum absolute atomic E-state index is 0.0205. The number of ether oxygens (including phenoxy) is 1. The van der Waals surface area contributed by atoms with Gasteiger partial charge in [-0.2, -0.15) is 0 Å². The first-order valence-electron chi connectivity index (χ1n) is 12.0. The van der Waals surface area contributed by atoms with Gasteiger partial charge in [-0.3, -0.25) is 0 Å². The quantitative estimate of drug-likeness (QED) is 0.571. The van der Waals surface area contributed by atoms with E-state index in [0.29, 0.717) is 17.3 Å². The monoisotopic (exact) mass is 478 g/mol. The normalized spacial score (nSPS) is 26.7. The van der Waals surface area contributed by atoms with Gasteiger partial charge in [0.05, 0.1) is 11.3 Å². The van der Waals surface area contributed by atoms with Crippen LogP contribution in [0.1, 0.15) is 44.6 Å². The number of benzene rings is 1. The molecule has 34 heavy (non-hydrogen) atoms. The molecular weight excluding hydrogens is 448 g/mol. The average Bonchev–Trinajstić information content (AvgIpc) is 3.33. The molecule has 3 aliphatic rings. The second-order valence-electron chi connectivity index (χ2n) is 10.4. The number of alkyl halides is 2. The average molecular weight is 479 g/mol. The van der Waals surface area contributed by atoms with Crippen molar-refractivity contribution in [1.29, 1.82) is 0 Å². The second-order valence-corrected chi connectivity index (χ2v) is 10.4. The number of hydrogen-bond donors (Lipinski definition) is 1. The van der Waals surface area contributed by atoms with Gasteiger partial charge in [-0.15, -0.1) is 10.2 Å². The molecule has 3 fully saturated rings. The van der Waals surface area contributed by atoms with Gasteiger partial charge in [0, 0.05) is 44.5 Å². The van der Waals surface area contributed by atoms with Crippen LogP contribution < -0.4 is 5.32 Å². The van der Waals surface area contributed by atoms with E-state index in [1.54, 1.807) is 0 Å². The molecule has 1 N–H and O–H groups in total. The first-order chi connectivity index (χ1) is 16.3. The lowest BCUT2D eigenvalue weighted by Gasteiger charge is -2.37. The van der Waals surface area contributed by atoms with Crippen molar-refractivity contribution in [2.75, 3.05) is 38.2 Å². The highest BCUT2D eigenvalue weighted by molar-refractivity contribution is 5.63. The molecule has 1 aromatic carbocycles. The molecule has 2 saturated heterocycles. The van der Waals surface area contributed by atoms with Crippen molar-refractivity contribution in [3.8, 4) is 11.3 Å². The highest BCUT2D eigenvalue weighted by Crippen LogP contribution is 2.42. The largest absolute Gasteiger partial charge is 0.381 e. The van der Waals surface area contributed by atoms with E-state index in [1.165, 1.54) is 0 Å². The number of nitrogens with zero attached hydrogens (tertiary/aromatic N) is 3. The topological polar surface area (TPSA) is 50.3 Å². The van der Waals surface area contributed by atoms with Crippen molar-refractivity contribution in [2.24, 2.45) is 17.3 Å². The fourth-order valence-corrected chi connectivity index (χ4v) is 5.91. The van der Waals surface area contributed by atoms with Crippen molar-refractivity contribution >= 4 is 5.82 Å². The molecule has 2 aliphatic heterocycles. The van der Waals surface area contributed by atoms with E-state index < -0.39 is 18.1 Å². The molecule has 0 amide bonds. The van der Waals surface area contributed by atoms with E-state index in [2.05, 4.69) is 27.3 Å². The Bertz CT molecular complexity index is 1020. The SMILES string of the molecule is CC1(CN2C[C@H]3CC(Nc4nnc(-c5cc(F)ccc5F)cc4C(F)F)C[C@H]3C2)CCOCC1. The van der Waals surface area contributed by atoms with Crippen molar-refractivity contribution < 1.29 is 22.3 Å². The molecule has 184 valence electrons. The number of fused-ring (bicyclic) bond motifs is 1. The fraction of sp³-hybridized carbons (Fsp3) is 0.600. The molecule has 0 radical (unpaired) electrons. The minimum atomic E-state index is -2.81. The summed E-state index contributed by atoms with van der Waals surface area (Å²) in [5.74, 6) is -0.322. The number of rotatable bonds is 6. The molecule has 1 saturated carbocycles. The van der Waals surface area contributed by atoms with E-state index in [1.807, 2.05) is 0 Å². The molecule has 0 bridgehead atoms. The standard InChI is InChI=1S/C25H30F4N4O/c1-25(4-6-34-7-5-25)14-33-12-15-8-18(9-16(15)13-33)30-24-20(23(28)29)11-22(31-32-24)19-10-17(26)2-3-21(19)27/h2-3,10-11,15-16,18,23H,4-9,12-14H2,1H3,(H,30,32)/t15-,16+,18?. The van der Waals surface area contributed by atoms with Crippen LogP contribution in [0.4, 0.5) is 23.4 Å². The zero-order chi connectivity index (χ0) is 23.9. The van der Waals surface area contributed by atoms with E-state index in [0.717, 1.165) is 82.8 Å². The first kappa shape index (κ1) is 23.5. The summed E-state index contributed by atoms with van der Waals surface area (Å²) >= 11 is 0. The van der Waals surface area contributed by atoms with Crippen LogP contribution in [0.25, 0.3) is 11.3 Å². The lowest BCUT2D eigenvalue weighted by molar-refractivity contribution is 0.00744. The Balaban J connectivity index is 1.24. The molecule has 1 aromatic heterocycles. The first-order valence-corrected chi connectivity index (χ1v) is 12.0. The number of aromatic nitrogens is 2. The van der Waals surface area contributed by atoms with Crippen LogP contribution >= 0.6 is 0 Å². The van der Waals surface area contributed by atoms with E-state index in [4.69, 9.17) is 4.74 Å². The number of nitrogens with one attached hydrogen (secondary N) is 1. The smallest absolute Gasteiger partial charge is 0.267 e. The van der Waals surface area contributed by atoms with Crippen molar-refractivity contribution in [2.45, 2.75) is 45.1 Å². The van der Waals surface area contributed by atoms with E-state index >= 15 is 0 Å². The minimum Gasteiger partial charge on any atom is -0.381 e. The Kier molecular flexibility index (Phi) is 6.50. The van der Waals surface area contributed by atoms with Crippen LogP contribution in [0.5, 0.6) is 0 Å². The molecule has 3 heterocycles. The Morgan fingerprint density at radius 2 is 1.79 bits per heavy atom. The summed E-state index contributed by atoms with van der Waals surface area (Å²) in [5.41, 5.74) is -0.341. The molecule has 2 aromatic rings. The molecule has 1 unspecified atom stereocenters. The highest BCUT2D eigenvalue weighted by Gasteiger charge is 2.43. The third-order valence-electron chi connectivity index (χ3n) is 7.74. The van der Waals surface area contributed by atoms with Crippen LogP contribution in [0.3, 0.4) is 0 Å².